The van der Waals surface area contributed by atoms with E-state index in [1.807, 2.05) is 6.07 Å². The Morgan fingerprint density at radius 1 is 1.00 bits per heavy atom. The maximum Gasteiger partial charge on any atom is 0.159 e. The number of piperazine rings is 1. The van der Waals surface area contributed by atoms with Gasteiger partial charge in [-0.3, -0.25) is 9.59 Å². The molecule has 25 heavy (non-hydrogen) atoms. The van der Waals surface area contributed by atoms with Crippen molar-refractivity contribution >= 4 is 29.0 Å². The van der Waals surface area contributed by atoms with Crippen molar-refractivity contribution in [1.29, 1.82) is 0 Å². The Labute approximate surface area is 152 Å². The molecule has 0 atom stereocenters. The van der Waals surface area contributed by atoms with Crippen LogP contribution in [0.25, 0.3) is 0 Å². The number of hydrogen-bond acceptors (Lipinski definition) is 6. The number of nitrogens with zero attached hydrogens (tertiary/aromatic N) is 3. The first-order valence-electron chi connectivity index (χ1n) is 8.02. The highest BCUT2D eigenvalue weighted by atomic mass is 35.5. The first-order valence-corrected chi connectivity index (χ1v) is 8.40. The Kier molecular flexibility index (Phi) is 7.03. The first kappa shape index (κ1) is 19.0. The Morgan fingerprint density at radius 2 is 1.56 bits per heavy atom. The van der Waals surface area contributed by atoms with Gasteiger partial charge in [-0.2, -0.15) is 0 Å². The van der Waals surface area contributed by atoms with Crippen LogP contribution in [0.2, 0.25) is 5.15 Å². The molecular formula is C18H21ClN4O2. The average molecular weight is 361 g/mol. The first-order chi connectivity index (χ1) is 12.0. The topological polar surface area (TPSA) is 75.2 Å². The monoisotopic (exact) mass is 360 g/mol. The van der Waals surface area contributed by atoms with Crippen LogP contribution in [0.4, 0.5) is 5.82 Å². The molecule has 0 amide bonds. The van der Waals surface area contributed by atoms with E-state index in [1.54, 1.807) is 31.3 Å². The molecule has 0 unspecified atom stereocenters. The number of pyridine rings is 2. The number of rotatable bonds is 3. The highest BCUT2D eigenvalue weighted by molar-refractivity contribution is 6.29. The van der Waals surface area contributed by atoms with Gasteiger partial charge in [-0.25, -0.2) is 9.97 Å². The number of anilines is 1. The minimum atomic E-state index is 0.00398. The van der Waals surface area contributed by atoms with Crippen LogP contribution in [-0.4, -0.2) is 47.7 Å². The molecule has 3 heterocycles. The third-order valence-corrected chi connectivity index (χ3v) is 3.93. The second-order valence-electron chi connectivity index (χ2n) is 5.62. The summed E-state index contributed by atoms with van der Waals surface area (Å²) in [4.78, 5) is 32.2. The van der Waals surface area contributed by atoms with Gasteiger partial charge in [0.05, 0.1) is 0 Å². The smallest absolute Gasteiger partial charge is 0.159 e. The number of hydrogen-bond donors (Lipinski definition) is 1. The second kappa shape index (κ2) is 9.25. The molecule has 7 heteroatoms. The summed E-state index contributed by atoms with van der Waals surface area (Å²) in [7, 11) is 0. The molecular weight excluding hydrogens is 340 g/mol. The zero-order valence-electron chi connectivity index (χ0n) is 14.3. The molecule has 0 bridgehead atoms. The average Bonchev–Trinajstić information content (AvgIpc) is 2.63. The SMILES string of the molecule is CC(=O)c1ccnc(Cl)c1.CC(=O)c1ccnc(N2CCNCC2)c1. The normalized spacial score (nSPS) is 13.6. The zero-order chi connectivity index (χ0) is 18.2. The van der Waals surface area contributed by atoms with Gasteiger partial charge in [0.2, 0.25) is 0 Å². The maximum atomic E-state index is 11.2. The fourth-order valence-corrected chi connectivity index (χ4v) is 2.50. The van der Waals surface area contributed by atoms with Crippen molar-refractivity contribution in [2.75, 3.05) is 31.1 Å². The van der Waals surface area contributed by atoms with E-state index < -0.39 is 0 Å². The minimum Gasteiger partial charge on any atom is -0.354 e. The number of ketones is 2. The molecule has 1 N–H and O–H groups in total. The molecule has 0 aliphatic carbocycles. The predicted molar refractivity (Wildman–Crippen MR) is 98.6 cm³/mol. The van der Waals surface area contributed by atoms with Gasteiger partial charge in [0.15, 0.2) is 11.6 Å². The van der Waals surface area contributed by atoms with Crippen molar-refractivity contribution in [3.05, 3.63) is 52.9 Å². The predicted octanol–water partition coefficient (Wildman–Crippen LogP) is 2.63. The van der Waals surface area contributed by atoms with Crippen molar-refractivity contribution in [1.82, 2.24) is 15.3 Å². The number of carbonyl (C=O) groups excluding carboxylic acids is 2. The summed E-state index contributed by atoms with van der Waals surface area (Å²) >= 11 is 5.53. The largest absolute Gasteiger partial charge is 0.354 e. The van der Waals surface area contributed by atoms with Crippen LogP contribution in [0.1, 0.15) is 34.6 Å². The maximum absolute atomic E-state index is 11.2. The van der Waals surface area contributed by atoms with Gasteiger partial charge in [0.1, 0.15) is 11.0 Å². The van der Waals surface area contributed by atoms with E-state index in [0.29, 0.717) is 10.7 Å². The van der Waals surface area contributed by atoms with Gasteiger partial charge in [0.25, 0.3) is 0 Å². The van der Waals surface area contributed by atoms with E-state index in [-0.39, 0.29) is 11.6 Å². The molecule has 0 aromatic carbocycles. The standard InChI is InChI=1S/C11H15N3O.C7H6ClNO/c1-9(15)10-2-3-13-11(8-10)14-6-4-12-5-7-14;1-5(10)6-2-3-9-7(8)4-6/h2-3,8,12H,4-7H2,1H3;2-4H,1H3. The number of carbonyl (C=O) groups is 2. The van der Waals surface area contributed by atoms with Gasteiger partial charge in [0, 0.05) is 49.7 Å². The van der Waals surface area contributed by atoms with E-state index in [1.165, 1.54) is 13.1 Å². The van der Waals surface area contributed by atoms with Crippen LogP contribution in [0.3, 0.4) is 0 Å². The summed E-state index contributed by atoms with van der Waals surface area (Å²) < 4.78 is 0. The number of Topliss-reactive ketones (excluding diaryl/α,β-unsaturated/α-hetero) is 2. The van der Waals surface area contributed by atoms with Crippen molar-refractivity contribution in [2.45, 2.75) is 13.8 Å². The molecule has 2 aromatic rings. The molecule has 3 rings (SSSR count). The third-order valence-electron chi connectivity index (χ3n) is 3.73. The molecule has 132 valence electrons. The molecule has 1 aliphatic heterocycles. The van der Waals surface area contributed by atoms with Crippen molar-refractivity contribution in [3.63, 3.8) is 0 Å². The molecule has 0 saturated carbocycles. The van der Waals surface area contributed by atoms with Crippen LogP contribution < -0.4 is 10.2 Å². The van der Waals surface area contributed by atoms with E-state index in [4.69, 9.17) is 11.6 Å². The fraction of sp³-hybridized carbons (Fsp3) is 0.333. The lowest BCUT2D eigenvalue weighted by Gasteiger charge is -2.28. The molecule has 0 spiro atoms. The summed E-state index contributed by atoms with van der Waals surface area (Å²) in [5.74, 6) is 1.00. The lowest BCUT2D eigenvalue weighted by molar-refractivity contribution is 0.100. The summed E-state index contributed by atoms with van der Waals surface area (Å²) in [5.41, 5.74) is 1.33. The molecule has 0 radical (unpaired) electrons. The summed E-state index contributed by atoms with van der Waals surface area (Å²) in [6.45, 7) is 6.93. The van der Waals surface area contributed by atoms with E-state index in [9.17, 15) is 9.59 Å². The highest BCUT2D eigenvalue weighted by Gasteiger charge is 2.12. The van der Waals surface area contributed by atoms with Crippen LogP contribution in [0.15, 0.2) is 36.7 Å². The molecule has 1 aliphatic rings. The number of nitrogens with one attached hydrogen (secondary N) is 1. The van der Waals surface area contributed by atoms with Crippen molar-refractivity contribution in [3.8, 4) is 0 Å². The van der Waals surface area contributed by atoms with Crippen molar-refractivity contribution < 1.29 is 9.59 Å². The van der Waals surface area contributed by atoms with E-state index in [2.05, 4.69) is 20.2 Å². The molecule has 1 fully saturated rings. The Balaban J connectivity index is 0.000000196. The highest BCUT2D eigenvalue weighted by Crippen LogP contribution is 2.13. The second-order valence-corrected chi connectivity index (χ2v) is 6.01. The lowest BCUT2D eigenvalue weighted by atomic mass is 10.2. The minimum absolute atomic E-state index is 0.00398. The van der Waals surface area contributed by atoms with Gasteiger partial charge in [-0.1, -0.05) is 11.6 Å². The van der Waals surface area contributed by atoms with Gasteiger partial charge in [-0.05, 0) is 38.1 Å². The van der Waals surface area contributed by atoms with Crippen LogP contribution in [-0.2, 0) is 0 Å². The summed E-state index contributed by atoms with van der Waals surface area (Å²) in [5, 5.41) is 3.64. The quantitative estimate of drug-likeness (QED) is 0.670. The third kappa shape index (κ3) is 5.92. The lowest BCUT2D eigenvalue weighted by Crippen LogP contribution is -2.43. The summed E-state index contributed by atoms with van der Waals surface area (Å²) in [6, 6.07) is 6.81. The Bertz CT molecular complexity index is 745. The molecule has 2 aromatic heterocycles. The fourth-order valence-electron chi connectivity index (χ4n) is 2.33. The van der Waals surface area contributed by atoms with Crippen LogP contribution in [0.5, 0.6) is 0 Å². The zero-order valence-corrected chi connectivity index (χ0v) is 15.1. The Morgan fingerprint density at radius 3 is 2.08 bits per heavy atom. The van der Waals surface area contributed by atoms with E-state index in [0.717, 1.165) is 37.6 Å². The number of aromatic nitrogens is 2. The Hall–Kier alpha value is -2.31. The number of halogens is 1. The van der Waals surface area contributed by atoms with E-state index >= 15 is 0 Å². The van der Waals surface area contributed by atoms with Crippen LogP contribution in [0, 0.1) is 0 Å². The summed E-state index contributed by atoms with van der Waals surface area (Å²) in [6.07, 6.45) is 3.22. The van der Waals surface area contributed by atoms with Crippen LogP contribution >= 0.6 is 11.6 Å². The van der Waals surface area contributed by atoms with Gasteiger partial charge >= 0.3 is 0 Å². The molecule has 6 nitrogen and oxygen atoms in total. The van der Waals surface area contributed by atoms with Gasteiger partial charge in [-0.15, -0.1) is 0 Å². The van der Waals surface area contributed by atoms with Gasteiger partial charge < -0.3 is 10.2 Å². The van der Waals surface area contributed by atoms with Crippen molar-refractivity contribution in [2.24, 2.45) is 0 Å². The molecule has 1 saturated heterocycles.